The number of hydrogen-bond donors (Lipinski definition) is 2. The van der Waals surface area contributed by atoms with Crippen molar-refractivity contribution in [3.05, 3.63) is 47.3 Å². The molecule has 0 fully saturated rings. The highest BCUT2D eigenvalue weighted by Gasteiger charge is 2.05. The zero-order valence-electron chi connectivity index (χ0n) is 10.1. The van der Waals surface area contributed by atoms with E-state index < -0.39 is 5.97 Å². The second-order valence-electron chi connectivity index (χ2n) is 3.84. The lowest BCUT2D eigenvalue weighted by molar-refractivity contribution is 0.0697. The predicted octanol–water partition coefficient (Wildman–Crippen LogP) is 2.10. The van der Waals surface area contributed by atoms with Crippen LogP contribution in [0.4, 0.5) is 11.6 Å². The third-order valence-corrected chi connectivity index (χ3v) is 2.33. The van der Waals surface area contributed by atoms with Crippen LogP contribution in [0.2, 0.25) is 0 Å². The number of aromatic nitrogens is 2. The van der Waals surface area contributed by atoms with Crippen LogP contribution in [0.25, 0.3) is 0 Å². The molecule has 1 heterocycles. The van der Waals surface area contributed by atoms with Crippen LogP contribution in [0.1, 0.15) is 21.7 Å². The maximum atomic E-state index is 10.9. The van der Waals surface area contributed by atoms with Gasteiger partial charge in [-0.1, -0.05) is 6.07 Å². The molecule has 0 bridgehead atoms. The Morgan fingerprint density at radius 1 is 1.37 bits per heavy atom. The molecule has 0 amide bonds. The van der Waals surface area contributed by atoms with Crippen molar-refractivity contribution in [2.45, 2.75) is 6.92 Å². The van der Waals surface area contributed by atoms with E-state index in [-0.39, 0.29) is 17.2 Å². The molecule has 0 aliphatic rings. The van der Waals surface area contributed by atoms with Crippen molar-refractivity contribution in [1.29, 1.82) is 5.26 Å². The van der Waals surface area contributed by atoms with Gasteiger partial charge >= 0.3 is 5.97 Å². The van der Waals surface area contributed by atoms with Crippen LogP contribution in [0.5, 0.6) is 0 Å². The number of nitriles is 1. The number of carbonyl (C=O) groups is 1. The van der Waals surface area contributed by atoms with Crippen molar-refractivity contribution in [3.8, 4) is 6.07 Å². The fourth-order valence-electron chi connectivity index (χ4n) is 1.54. The first-order chi connectivity index (χ1) is 9.08. The first-order valence-corrected chi connectivity index (χ1v) is 5.44. The monoisotopic (exact) mass is 254 g/mol. The third kappa shape index (κ3) is 3.04. The number of anilines is 2. The molecule has 0 unspecified atom stereocenters. The summed E-state index contributed by atoms with van der Waals surface area (Å²) < 4.78 is 0. The minimum absolute atomic E-state index is 0.165. The van der Waals surface area contributed by atoms with Crippen LogP contribution in [0, 0.1) is 18.3 Å². The normalized spacial score (nSPS) is 9.68. The Morgan fingerprint density at radius 3 is 2.84 bits per heavy atom. The maximum Gasteiger partial charge on any atom is 0.335 e. The van der Waals surface area contributed by atoms with Gasteiger partial charge in [0.15, 0.2) is 0 Å². The summed E-state index contributed by atoms with van der Waals surface area (Å²) in [6, 6.07) is 9.79. The molecule has 0 radical (unpaired) electrons. The summed E-state index contributed by atoms with van der Waals surface area (Å²) in [6.07, 6.45) is 0. The molecule has 0 spiro atoms. The van der Waals surface area contributed by atoms with E-state index in [0.717, 1.165) is 0 Å². The fraction of sp³-hybridized carbons (Fsp3) is 0.0769. The summed E-state index contributed by atoms with van der Waals surface area (Å²) in [5.74, 6) is -0.745. The standard InChI is InChI=1S/C13H10N4O2/c1-8-5-11(7-14)17-13(15-8)16-10-4-2-3-9(6-10)12(18)19/h2-6H,1H3,(H,18,19)(H,15,16,17). The highest BCUT2D eigenvalue weighted by molar-refractivity contribution is 5.88. The molecule has 2 N–H and O–H groups in total. The van der Waals surface area contributed by atoms with Crippen LogP contribution in [0.15, 0.2) is 30.3 Å². The van der Waals surface area contributed by atoms with Gasteiger partial charge in [0.1, 0.15) is 11.8 Å². The summed E-state index contributed by atoms with van der Waals surface area (Å²) in [6.45, 7) is 1.75. The molecule has 6 heteroatoms. The Hall–Kier alpha value is -2.94. The van der Waals surface area contributed by atoms with E-state index in [1.165, 1.54) is 12.1 Å². The van der Waals surface area contributed by atoms with Crippen molar-refractivity contribution in [2.75, 3.05) is 5.32 Å². The minimum Gasteiger partial charge on any atom is -0.478 e. The number of nitrogens with zero attached hydrogens (tertiary/aromatic N) is 3. The van der Waals surface area contributed by atoms with Crippen LogP contribution in [-0.4, -0.2) is 21.0 Å². The molecule has 0 aliphatic heterocycles. The average Bonchev–Trinajstić information content (AvgIpc) is 2.38. The number of carboxylic acid groups (broad SMARTS) is 1. The molecule has 94 valence electrons. The molecule has 0 saturated heterocycles. The van der Waals surface area contributed by atoms with E-state index in [1.807, 2.05) is 6.07 Å². The highest BCUT2D eigenvalue weighted by Crippen LogP contribution is 2.15. The number of hydrogen-bond acceptors (Lipinski definition) is 5. The Labute approximate surface area is 109 Å². The summed E-state index contributed by atoms with van der Waals surface area (Å²) in [4.78, 5) is 19.0. The summed E-state index contributed by atoms with van der Waals surface area (Å²) in [5, 5.41) is 20.6. The maximum absolute atomic E-state index is 10.9. The molecule has 1 aromatic carbocycles. The molecule has 6 nitrogen and oxygen atoms in total. The SMILES string of the molecule is Cc1cc(C#N)nc(Nc2cccc(C(=O)O)c2)n1. The van der Waals surface area contributed by atoms with Crippen LogP contribution in [-0.2, 0) is 0 Å². The number of nitrogens with one attached hydrogen (secondary N) is 1. The molecule has 19 heavy (non-hydrogen) atoms. The Balaban J connectivity index is 2.31. The van der Waals surface area contributed by atoms with Crippen molar-refractivity contribution in [3.63, 3.8) is 0 Å². The number of carboxylic acids is 1. The molecule has 1 aromatic heterocycles. The molecule has 0 saturated carbocycles. The molecular weight excluding hydrogens is 244 g/mol. The van der Waals surface area contributed by atoms with Gasteiger partial charge in [0.25, 0.3) is 0 Å². The minimum atomic E-state index is -1.01. The van der Waals surface area contributed by atoms with Crippen molar-refractivity contribution in [2.24, 2.45) is 0 Å². The highest BCUT2D eigenvalue weighted by atomic mass is 16.4. The van der Waals surface area contributed by atoms with E-state index in [9.17, 15) is 4.79 Å². The van der Waals surface area contributed by atoms with Gasteiger partial charge < -0.3 is 10.4 Å². The topological polar surface area (TPSA) is 98.9 Å². The molecule has 2 aromatic rings. The van der Waals surface area contributed by atoms with E-state index in [0.29, 0.717) is 11.4 Å². The second kappa shape index (κ2) is 5.14. The van der Waals surface area contributed by atoms with E-state index >= 15 is 0 Å². The third-order valence-electron chi connectivity index (χ3n) is 2.33. The zero-order valence-corrected chi connectivity index (χ0v) is 10.1. The van der Waals surface area contributed by atoms with Crippen LogP contribution < -0.4 is 5.32 Å². The predicted molar refractivity (Wildman–Crippen MR) is 68.2 cm³/mol. The zero-order chi connectivity index (χ0) is 13.8. The number of rotatable bonds is 3. The average molecular weight is 254 g/mol. The smallest absolute Gasteiger partial charge is 0.335 e. The van der Waals surface area contributed by atoms with Gasteiger partial charge in [-0.3, -0.25) is 0 Å². The van der Waals surface area contributed by atoms with Crippen LogP contribution >= 0.6 is 0 Å². The Morgan fingerprint density at radius 2 is 2.16 bits per heavy atom. The number of aryl methyl sites for hydroxylation is 1. The summed E-state index contributed by atoms with van der Waals surface area (Å²) >= 11 is 0. The van der Waals surface area contributed by atoms with E-state index in [2.05, 4.69) is 15.3 Å². The number of aromatic carboxylic acids is 1. The molecule has 0 aliphatic carbocycles. The van der Waals surface area contributed by atoms with Gasteiger partial charge in [-0.25, -0.2) is 14.8 Å². The lowest BCUT2D eigenvalue weighted by Gasteiger charge is -2.06. The van der Waals surface area contributed by atoms with Gasteiger partial charge in [0, 0.05) is 11.4 Å². The molecule has 2 rings (SSSR count). The van der Waals surface area contributed by atoms with E-state index in [1.54, 1.807) is 25.1 Å². The summed E-state index contributed by atoms with van der Waals surface area (Å²) in [7, 11) is 0. The summed E-state index contributed by atoms with van der Waals surface area (Å²) in [5.41, 5.74) is 1.63. The van der Waals surface area contributed by atoms with Gasteiger partial charge in [-0.15, -0.1) is 0 Å². The van der Waals surface area contributed by atoms with Gasteiger partial charge in [-0.05, 0) is 31.2 Å². The lowest BCUT2D eigenvalue weighted by atomic mass is 10.2. The van der Waals surface area contributed by atoms with Gasteiger partial charge in [0.2, 0.25) is 5.95 Å². The molecule has 0 atom stereocenters. The number of benzene rings is 1. The van der Waals surface area contributed by atoms with E-state index in [4.69, 9.17) is 10.4 Å². The van der Waals surface area contributed by atoms with Crippen molar-refractivity contribution >= 4 is 17.6 Å². The largest absolute Gasteiger partial charge is 0.478 e. The van der Waals surface area contributed by atoms with Gasteiger partial charge in [-0.2, -0.15) is 5.26 Å². The van der Waals surface area contributed by atoms with Gasteiger partial charge in [0.05, 0.1) is 5.56 Å². The lowest BCUT2D eigenvalue weighted by Crippen LogP contribution is -2.02. The van der Waals surface area contributed by atoms with Crippen LogP contribution in [0.3, 0.4) is 0 Å². The fourth-order valence-corrected chi connectivity index (χ4v) is 1.54. The Bertz CT molecular complexity index is 677. The Kier molecular flexibility index (Phi) is 3.39. The quantitative estimate of drug-likeness (QED) is 0.870. The second-order valence-corrected chi connectivity index (χ2v) is 3.84. The molecular formula is C13H10N4O2. The van der Waals surface area contributed by atoms with Crippen molar-refractivity contribution in [1.82, 2.24) is 9.97 Å². The van der Waals surface area contributed by atoms with Crippen molar-refractivity contribution < 1.29 is 9.90 Å². The first-order valence-electron chi connectivity index (χ1n) is 5.44. The first kappa shape index (κ1) is 12.5.